The Kier molecular flexibility index (Phi) is 6.54. The van der Waals surface area contributed by atoms with Crippen LogP contribution in [0.2, 0.25) is 0 Å². The van der Waals surface area contributed by atoms with E-state index in [1.807, 2.05) is 47.4 Å². The van der Waals surface area contributed by atoms with Gasteiger partial charge in [0.1, 0.15) is 5.75 Å². The van der Waals surface area contributed by atoms with Gasteiger partial charge in [-0.25, -0.2) is 9.59 Å². The zero-order valence-electron chi connectivity index (χ0n) is 19.1. The fourth-order valence-electron chi connectivity index (χ4n) is 4.21. The predicted molar refractivity (Wildman–Crippen MR) is 128 cm³/mol. The first kappa shape index (κ1) is 22.6. The molecule has 1 atom stereocenters. The quantitative estimate of drug-likeness (QED) is 0.485. The molecule has 1 heterocycles. The number of rotatable bonds is 9. The smallest absolute Gasteiger partial charge is 0.347 e. The van der Waals surface area contributed by atoms with Gasteiger partial charge in [0.2, 0.25) is 0 Å². The second-order valence-electron chi connectivity index (χ2n) is 9.12. The summed E-state index contributed by atoms with van der Waals surface area (Å²) in [6, 6.07) is 22.2. The Hall–Kier alpha value is -3.54. The van der Waals surface area contributed by atoms with E-state index in [0.29, 0.717) is 18.8 Å². The van der Waals surface area contributed by atoms with Crippen LogP contribution in [0.25, 0.3) is 10.8 Å². The second-order valence-corrected chi connectivity index (χ2v) is 9.12. The van der Waals surface area contributed by atoms with E-state index in [0.717, 1.165) is 30.4 Å². The number of carboxylic acid groups (broad SMARTS) is 1. The molecular formula is C27H30N2O4. The van der Waals surface area contributed by atoms with Gasteiger partial charge in [0, 0.05) is 19.1 Å². The first-order valence-corrected chi connectivity index (χ1v) is 11.4. The van der Waals surface area contributed by atoms with Crippen LogP contribution in [0.15, 0.2) is 66.7 Å². The fraction of sp³-hybridized carbons (Fsp3) is 0.333. The lowest BCUT2D eigenvalue weighted by Gasteiger charge is -2.21. The number of carboxylic acids is 1. The average molecular weight is 447 g/mol. The van der Waals surface area contributed by atoms with Gasteiger partial charge < -0.3 is 20.1 Å². The number of benzene rings is 3. The number of ether oxygens (including phenoxy) is 1. The van der Waals surface area contributed by atoms with Gasteiger partial charge in [-0.3, -0.25) is 0 Å². The molecule has 0 spiro atoms. The monoisotopic (exact) mass is 446 g/mol. The van der Waals surface area contributed by atoms with Gasteiger partial charge in [-0.05, 0) is 67.1 Å². The summed E-state index contributed by atoms with van der Waals surface area (Å²) in [5, 5.41) is 14.7. The molecule has 0 bridgehead atoms. The molecule has 0 radical (unpaired) electrons. The highest BCUT2D eigenvalue weighted by Crippen LogP contribution is 2.23. The van der Waals surface area contributed by atoms with Crippen molar-refractivity contribution in [2.75, 3.05) is 6.54 Å². The van der Waals surface area contributed by atoms with Crippen LogP contribution in [0.5, 0.6) is 5.75 Å². The van der Waals surface area contributed by atoms with Crippen LogP contribution < -0.4 is 10.1 Å². The molecule has 3 aromatic carbocycles. The standard InChI is InChI=1S/C27H30N2O4/c1-27(2,25(30)31)33-23-15-13-19(14-16-23)7-5-11-22-18-29(26(32)28-22)17-21-10-6-9-20-8-3-4-12-24(20)21/h3-4,6,8-10,12-16,22H,5,7,11,17-18H2,1-2H3,(H,28,32)(H,30,31). The maximum absolute atomic E-state index is 12.5. The molecule has 1 fully saturated rings. The SMILES string of the molecule is CC(C)(Oc1ccc(CCCC2CN(Cc3cccc4ccccc34)C(=O)N2)cc1)C(=O)O. The Morgan fingerprint density at radius 1 is 1.09 bits per heavy atom. The number of urea groups is 1. The summed E-state index contributed by atoms with van der Waals surface area (Å²) in [4.78, 5) is 25.6. The van der Waals surface area contributed by atoms with Crippen molar-refractivity contribution in [3.8, 4) is 5.75 Å². The van der Waals surface area contributed by atoms with E-state index in [1.54, 1.807) is 0 Å². The normalized spacial score (nSPS) is 16.1. The number of carbonyl (C=O) groups excluding carboxylic acids is 1. The number of hydrogen-bond donors (Lipinski definition) is 2. The minimum absolute atomic E-state index is 0.00418. The van der Waals surface area contributed by atoms with Gasteiger partial charge in [0.05, 0.1) is 0 Å². The Morgan fingerprint density at radius 2 is 1.82 bits per heavy atom. The summed E-state index contributed by atoms with van der Waals surface area (Å²) >= 11 is 0. The maximum atomic E-state index is 12.5. The molecule has 3 aromatic rings. The van der Waals surface area contributed by atoms with E-state index < -0.39 is 11.6 Å². The molecule has 1 saturated heterocycles. The number of carbonyl (C=O) groups is 2. The van der Waals surface area contributed by atoms with Crippen LogP contribution in [0, 0.1) is 0 Å². The van der Waals surface area contributed by atoms with Crippen molar-refractivity contribution in [1.82, 2.24) is 10.2 Å². The summed E-state index contributed by atoms with van der Waals surface area (Å²) in [7, 11) is 0. The minimum Gasteiger partial charge on any atom is -0.478 e. The molecule has 172 valence electrons. The summed E-state index contributed by atoms with van der Waals surface area (Å²) < 4.78 is 5.55. The number of aryl methyl sites for hydroxylation is 1. The first-order chi connectivity index (χ1) is 15.8. The van der Waals surface area contributed by atoms with Crippen molar-refractivity contribution < 1.29 is 19.4 Å². The highest BCUT2D eigenvalue weighted by Gasteiger charge is 2.30. The van der Waals surface area contributed by atoms with Crippen molar-refractivity contribution >= 4 is 22.8 Å². The molecule has 1 unspecified atom stereocenters. The highest BCUT2D eigenvalue weighted by molar-refractivity contribution is 5.86. The largest absolute Gasteiger partial charge is 0.478 e. The van der Waals surface area contributed by atoms with Crippen molar-refractivity contribution in [2.45, 2.75) is 51.3 Å². The molecule has 1 aliphatic heterocycles. The Bertz CT molecular complexity index is 1140. The lowest BCUT2D eigenvalue weighted by atomic mass is 10.0. The number of nitrogens with zero attached hydrogens (tertiary/aromatic N) is 1. The highest BCUT2D eigenvalue weighted by atomic mass is 16.5. The minimum atomic E-state index is -1.26. The average Bonchev–Trinajstić information content (AvgIpc) is 3.14. The van der Waals surface area contributed by atoms with Crippen LogP contribution in [0.1, 0.15) is 37.8 Å². The molecular weight excluding hydrogens is 416 g/mol. The van der Waals surface area contributed by atoms with Crippen molar-refractivity contribution in [3.63, 3.8) is 0 Å². The van der Waals surface area contributed by atoms with Gasteiger partial charge in [0.15, 0.2) is 5.60 Å². The molecule has 2 N–H and O–H groups in total. The number of fused-ring (bicyclic) bond motifs is 1. The van der Waals surface area contributed by atoms with Crippen LogP contribution in [0.4, 0.5) is 4.79 Å². The molecule has 0 aromatic heterocycles. The Labute approximate surface area is 194 Å². The number of hydrogen-bond acceptors (Lipinski definition) is 3. The molecule has 6 nitrogen and oxygen atoms in total. The third-order valence-corrected chi connectivity index (χ3v) is 6.13. The Morgan fingerprint density at radius 3 is 2.58 bits per heavy atom. The summed E-state index contributed by atoms with van der Waals surface area (Å²) in [5.74, 6) is -0.460. The lowest BCUT2D eigenvalue weighted by Crippen LogP contribution is -2.37. The molecule has 4 rings (SSSR count). The molecule has 33 heavy (non-hydrogen) atoms. The predicted octanol–water partition coefficient (Wildman–Crippen LogP) is 5.00. The van der Waals surface area contributed by atoms with Crippen LogP contribution >= 0.6 is 0 Å². The molecule has 2 amide bonds. The van der Waals surface area contributed by atoms with Gasteiger partial charge >= 0.3 is 12.0 Å². The van der Waals surface area contributed by atoms with E-state index in [-0.39, 0.29) is 12.1 Å². The maximum Gasteiger partial charge on any atom is 0.347 e. The molecule has 6 heteroatoms. The molecule has 0 saturated carbocycles. The number of aliphatic carboxylic acids is 1. The van der Waals surface area contributed by atoms with Gasteiger partial charge in [0.25, 0.3) is 0 Å². The first-order valence-electron chi connectivity index (χ1n) is 11.4. The van der Waals surface area contributed by atoms with E-state index in [1.165, 1.54) is 24.6 Å². The second kappa shape index (κ2) is 9.53. The summed E-state index contributed by atoms with van der Waals surface area (Å²) in [6.45, 7) is 4.38. The molecule has 1 aliphatic rings. The van der Waals surface area contributed by atoms with Crippen LogP contribution in [-0.4, -0.2) is 40.2 Å². The van der Waals surface area contributed by atoms with Crippen molar-refractivity contribution in [1.29, 1.82) is 0 Å². The van der Waals surface area contributed by atoms with E-state index >= 15 is 0 Å². The van der Waals surface area contributed by atoms with E-state index in [4.69, 9.17) is 4.74 Å². The third kappa shape index (κ3) is 5.45. The van der Waals surface area contributed by atoms with Crippen molar-refractivity contribution in [3.05, 3.63) is 77.9 Å². The van der Waals surface area contributed by atoms with Gasteiger partial charge in [-0.2, -0.15) is 0 Å². The lowest BCUT2D eigenvalue weighted by molar-refractivity contribution is -0.152. The number of nitrogens with one attached hydrogen (secondary N) is 1. The third-order valence-electron chi connectivity index (χ3n) is 6.13. The fourth-order valence-corrected chi connectivity index (χ4v) is 4.21. The topological polar surface area (TPSA) is 78.9 Å². The van der Waals surface area contributed by atoms with E-state index in [9.17, 15) is 14.7 Å². The number of amides is 2. The Balaban J connectivity index is 1.27. The van der Waals surface area contributed by atoms with Crippen molar-refractivity contribution in [2.24, 2.45) is 0 Å². The van der Waals surface area contributed by atoms with Gasteiger partial charge in [-0.1, -0.05) is 54.6 Å². The zero-order valence-corrected chi connectivity index (χ0v) is 19.1. The van der Waals surface area contributed by atoms with Crippen LogP contribution in [0.3, 0.4) is 0 Å². The van der Waals surface area contributed by atoms with Gasteiger partial charge in [-0.15, -0.1) is 0 Å². The molecule has 0 aliphatic carbocycles. The van der Waals surface area contributed by atoms with E-state index in [2.05, 4.69) is 29.6 Å². The summed E-state index contributed by atoms with van der Waals surface area (Å²) in [5.41, 5.74) is 1.06. The zero-order chi connectivity index (χ0) is 23.4. The summed E-state index contributed by atoms with van der Waals surface area (Å²) in [6.07, 6.45) is 2.74. The van der Waals surface area contributed by atoms with Crippen LogP contribution in [-0.2, 0) is 17.8 Å².